The van der Waals surface area contributed by atoms with Crippen molar-refractivity contribution in [3.63, 3.8) is 0 Å². The molecule has 0 unspecified atom stereocenters. The average molecular weight is 313 g/mol. The van der Waals surface area contributed by atoms with E-state index in [9.17, 15) is 4.39 Å². The second-order valence-electron chi connectivity index (χ2n) is 4.82. The Labute approximate surface area is 128 Å². The van der Waals surface area contributed by atoms with Crippen molar-refractivity contribution < 1.29 is 4.39 Å². The topological polar surface area (TPSA) is 16.1 Å². The van der Waals surface area contributed by atoms with Crippen LogP contribution in [0.2, 0.25) is 0 Å². The van der Waals surface area contributed by atoms with Gasteiger partial charge in [-0.05, 0) is 26.1 Å². The molecule has 2 rings (SSSR count). The minimum absolute atomic E-state index is 0.173. The molecule has 0 aliphatic heterocycles. The Bertz CT molecular complexity index is 571. The first-order valence-corrected chi connectivity index (χ1v) is 8.03. The van der Waals surface area contributed by atoms with E-state index in [0.29, 0.717) is 12.4 Å². The summed E-state index contributed by atoms with van der Waals surface area (Å²) in [5.41, 5.74) is 2.36. The molecule has 20 heavy (non-hydrogen) atoms. The van der Waals surface area contributed by atoms with E-state index in [2.05, 4.69) is 16.8 Å². The smallest absolute Gasteiger partial charge is 0.128 e. The Morgan fingerprint density at radius 1 is 1.40 bits per heavy atom. The summed E-state index contributed by atoms with van der Waals surface area (Å²) >= 11 is 7.23. The van der Waals surface area contributed by atoms with Gasteiger partial charge in [0, 0.05) is 23.1 Å². The summed E-state index contributed by atoms with van der Waals surface area (Å²) in [5.74, 6) is 0.215. The third kappa shape index (κ3) is 3.78. The molecule has 2 aromatic rings. The zero-order valence-corrected chi connectivity index (χ0v) is 13.3. The lowest BCUT2D eigenvalue weighted by molar-refractivity contribution is 0.322. The lowest BCUT2D eigenvalue weighted by Gasteiger charge is -2.16. The van der Waals surface area contributed by atoms with Crippen LogP contribution in [-0.2, 0) is 12.4 Å². The van der Waals surface area contributed by atoms with Crippen LogP contribution in [0.25, 0.3) is 10.6 Å². The highest BCUT2D eigenvalue weighted by molar-refractivity contribution is 7.13. The van der Waals surface area contributed by atoms with E-state index in [4.69, 9.17) is 11.6 Å². The van der Waals surface area contributed by atoms with Gasteiger partial charge in [-0.15, -0.1) is 22.9 Å². The lowest BCUT2D eigenvalue weighted by Crippen LogP contribution is -2.19. The van der Waals surface area contributed by atoms with E-state index >= 15 is 0 Å². The summed E-state index contributed by atoms with van der Waals surface area (Å²) < 4.78 is 14.1. The summed E-state index contributed by atoms with van der Waals surface area (Å²) in [6.07, 6.45) is 1.07. The zero-order valence-electron chi connectivity index (χ0n) is 11.7. The third-order valence-corrected chi connectivity index (χ3v) is 4.25. The minimum atomic E-state index is -0.173. The number of aromatic nitrogens is 1. The van der Waals surface area contributed by atoms with Gasteiger partial charge in [-0.25, -0.2) is 9.37 Å². The van der Waals surface area contributed by atoms with Gasteiger partial charge >= 0.3 is 0 Å². The van der Waals surface area contributed by atoms with Crippen molar-refractivity contribution in [2.75, 3.05) is 13.6 Å². The first kappa shape index (κ1) is 15.4. The van der Waals surface area contributed by atoms with Gasteiger partial charge in [0.2, 0.25) is 0 Å². The normalized spacial score (nSPS) is 11.2. The van der Waals surface area contributed by atoms with E-state index in [1.54, 1.807) is 6.07 Å². The van der Waals surface area contributed by atoms with Crippen LogP contribution in [0.4, 0.5) is 4.39 Å². The van der Waals surface area contributed by atoms with Crippen LogP contribution < -0.4 is 0 Å². The predicted octanol–water partition coefficient (Wildman–Crippen LogP) is 4.53. The van der Waals surface area contributed by atoms with Gasteiger partial charge in [0.15, 0.2) is 0 Å². The largest absolute Gasteiger partial charge is 0.302 e. The van der Waals surface area contributed by atoms with E-state index in [1.807, 2.05) is 24.6 Å². The lowest BCUT2D eigenvalue weighted by atomic mass is 10.1. The van der Waals surface area contributed by atoms with Crippen molar-refractivity contribution in [1.82, 2.24) is 9.88 Å². The van der Waals surface area contributed by atoms with E-state index < -0.39 is 0 Å². The van der Waals surface area contributed by atoms with Crippen molar-refractivity contribution in [1.29, 1.82) is 0 Å². The van der Waals surface area contributed by atoms with Gasteiger partial charge < -0.3 is 4.90 Å². The first-order chi connectivity index (χ1) is 9.63. The number of rotatable bonds is 6. The third-order valence-electron chi connectivity index (χ3n) is 3.03. The Balaban J connectivity index is 2.16. The van der Waals surface area contributed by atoms with Gasteiger partial charge in [0.05, 0.1) is 11.6 Å². The Morgan fingerprint density at radius 3 is 2.80 bits per heavy atom. The quantitative estimate of drug-likeness (QED) is 0.729. The molecule has 1 aromatic carbocycles. The molecular weight excluding hydrogens is 295 g/mol. The molecule has 0 saturated heterocycles. The standard InChI is InChI=1S/C15H18ClFN2S/c1-3-6-19(2)9-12-5-4-11(7-14(12)17)15-18-13(8-16)10-20-15/h4-5,7,10H,3,6,8-9H2,1-2H3. The second-order valence-corrected chi connectivity index (χ2v) is 5.95. The minimum Gasteiger partial charge on any atom is -0.302 e. The highest BCUT2D eigenvalue weighted by Crippen LogP contribution is 2.26. The summed E-state index contributed by atoms with van der Waals surface area (Å²) in [7, 11) is 2.00. The molecule has 0 radical (unpaired) electrons. The Hall–Kier alpha value is -0.970. The number of thiazole rings is 1. The number of hydrogen-bond donors (Lipinski definition) is 0. The molecule has 2 nitrogen and oxygen atoms in total. The molecule has 0 saturated carbocycles. The number of hydrogen-bond acceptors (Lipinski definition) is 3. The van der Waals surface area contributed by atoms with Crippen LogP contribution in [0, 0.1) is 5.82 Å². The molecule has 0 spiro atoms. The molecule has 1 heterocycles. The van der Waals surface area contributed by atoms with E-state index in [1.165, 1.54) is 11.3 Å². The zero-order chi connectivity index (χ0) is 14.5. The maximum Gasteiger partial charge on any atom is 0.128 e. The summed E-state index contributed by atoms with van der Waals surface area (Å²) in [6.45, 7) is 3.71. The number of benzene rings is 1. The molecule has 108 valence electrons. The maximum atomic E-state index is 14.1. The van der Waals surface area contributed by atoms with Gasteiger partial charge in [-0.3, -0.25) is 0 Å². The molecular formula is C15H18ClFN2S. The molecule has 5 heteroatoms. The fraction of sp³-hybridized carbons (Fsp3) is 0.400. The van der Waals surface area contributed by atoms with Crippen LogP contribution in [-0.4, -0.2) is 23.5 Å². The van der Waals surface area contributed by atoms with Crippen molar-refractivity contribution in [2.45, 2.75) is 25.8 Å². The molecule has 0 fully saturated rings. The van der Waals surface area contributed by atoms with Crippen LogP contribution in [0.15, 0.2) is 23.6 Å². The molecule has 0 N–H and O–H groups in total. The highest BCUT2D eigenvalue weighted by atomic mass is 35.5. The van der Waals surface area contributed by atoms with Crippen molar-refractivity contribution >= 4 is 22.9 Å². The molecule has 0 aliphatic rings. The Kier molecular flexibility index (Phi) is 5.52. The SMILES string of the molecule is CCCN(C)Cc1ccc(-c2nc(CCl)cs2)cc1F. The second kappa shape index (κ2) is 7.16. The van der Waals surface area contributed by atoms with Crippen molar-refractivity contribution in [3.05, 3.63) is 40.7 Å². The van der Waals surface area contributed by atoms with Gasteiger partial charge in [0.1, 0.15) is 10.8 Å². The summed E-state index contributed by atoms with van der Waals surface area (Å²) in [5, 5.41) is 2.72. The maximum absolute atomic E-state index is 14.1. The monoisotopic (exact) mass is 312 g/mol. The Morgan fingerprint density at radius 2 is 2.20 bits per heavy atom. The van der Waals surface area contributed by atoms with Crippen LogP contribution in [0.3, 0.4) is 0 Å². The van der Waals surface area contributed by atoms with Crippen LogP contribution in [0.5, 0.6) is 0 Å². The molecule has 0 aliphatic carbocycles. The van der Waals surface area contributed by atoms with Crippen LogP contribution >= 0.6 is 22.9 Å². The predicted molar refractivity (Wildman–Crippen MR) is 83.7 cm³/mol. The van der Waals surface area contributed by atoms with E-state index in [-0.39, 0.29) is 5.82 Å². The molecule has 0 amide bonds. The fourth-order valence-electron chi connectivity index (χ4n) is 2.06. The van der Waals surface area contributed by atoms with Gasteiger partial charge in [0.25, 0.3) is 0 Å². The number of halogens is 2. The first-order valence-electron chi connectivity index (χ1n) is 6.61. The van der Waals surface area contributed by atoms with Gasteiger partial charge in [-0.1, -0.05) is 19.1 Å². The summed E-state index contributed by atoms with van der Waals surface area (Å²) in [6, 6.07) is 5.33. The molecule has 0 atom stereocenters. The molecule has 0 bridgehead atoms. The molecule has 1 aromatic heterocycles. The van der Waals surface area contributed by atoms with E-state index in [0.717, 1.165) is 34.8 Å². The number of alkyl halides is 1. The fourth-order valence-corrected chi connectivity index (χ4v) is 3.11. The van der Waals surface area contributed by atoms with Gasteiger partial charge in [-0.2, -0.15) is 0 Å². The van der Waals surface area contributed by atoms with Crippen molar-refractivity contribution in [2.24, 2.45) is 0 Å². The summed E-state index contributed by atoms with van der Waals surface area (Å²) in [4.78, 5) is 6.49. The number of nitrogens with zero attached hydrogens (tertiary/aromatic N) is 2. The average Bonchev–Trinajstić information content (AvgIpc) is 2.90. The highest BCUT2D eigenvalue weighted by Gasteiger charge is 2.10. The van der Waals surface area contributed by atoms with Crippen molar-refractivity contribution in [3.8, 4) is 10.6 Å². The van der Waals surface area contributed by atoms with Crippen LogP contribution in [0.1, 0.15) is 24.6 Å².